The molecule has 0 saturated heterocycles. The van der Waals surface area contributed by atoms with Gasteiger partial charge in [0.25, 0.3) is 0 Å². The Bertz CT molecular complexity index is 315. The van der Waals surface area contributed by atoms with E-state index in [4.69, 9.17) is 10.2 Å². The van der Waals surface area contributed by atoms with Crippen LogP contribution in [0.5, 0.6) is 0 Å². The van der Waals surface area contributed by atoms with Gasteiger partial charge in [0.05, 0.1) is 0 Å². The fraction of sp³-hybridized carbons (Fsp3) is 0.889. The van der Waals surface area contributed by atoms with Gasteiger partial charge < -0.3 is 10.2 Å². The van der Waals surface area contributed by atoms with Crippen LogP contribution in [0.4, 0.5) is 0 Å². The van der Waals surface area contributed by atoms with Gasteiger partial charge in [-0.3, -0.25) is 9.59 Å². The molecule has 2 saturated carbocycles. The monoisotopic (exact) mass is 312 g/mol. The fourth-order valence-electron chi connectivity index (χ4n) is 3.64. The molecule has 0 amide bonds. The minimum Gasteiger partial charge on any atom is -0.481 e. The predicted octanol–water partition coefficient (Wildman–Crippen LogP) is 4.86. The molecule has 0 unspecified atom stereocenters. The highest BCUT2D eigenvalue weighted by Crippen LogP contribution is 2.28. The summed E-state index contributed by atoms with van der Waals surface area (Å²) >= 11 is 0. The van der Waals surface area contributed by atoms with E-state index in [0.717, 1.165) is 31.1 Å². The lowest BCUT2D eigenvalue weighted by molar-refractivity contribution is -0.138. The van der Waals surface area contributed by atoms with Gasteiger partial charge >= 0.3 is 11.9 Å². The van der Waals surface area contributed by atoms with Crippen LogP contribution in [0.25, 0.3) is 0 Å². The molecule has 4 nitrogen and oxygen atoms in total. The molecule has 2 fully saturated rings. The van der Waals surface area contributed by atoms with Crippen molar-refractivity contribution in [2.45, 2.75) is 89.9 Å². The van der Waals surface area contributed by atoms with Crippen molar-refractivity contribution in [3.05, 3.63) is 0 Å². The average molecular weight is 312 g/mol. The van der Waals surface area contributed by atoms with Crippen molar-refractivity contribution in [2.24, 2.45) is 11.8 Å². The number of hydrogen-bond acceptors (Lipinski definition) is 2. The van der Waals surface area contributed by atoms with Crippen LogP contribution in [0.3, 0.4) is 0 Å². The second-order valence-corrected chi connectivity index (χ2v) is 6.87. The predicted molar refractivity (Wildman–Crippen MR) is 86.9 cm³/mol. The topological polar surface area (TPSA) is 74.6 Å². The zero-order chi connectivity index (χ0) is 16.2. The maximum absolute atomic E-state index is 10.2. The van der Waals surface area contributed by atoms with Gasteiger partial charge in [0, 0.05) is 12.8 Å². The Morgan fingerprint density at radius 2 is 1.14 bits per heavy atom. The molecule has 0 aromatic heterocycles. The molecule has 0 aromatic rings. The van der Waals surface area contributed by atoms with Crippen LogP contribution in [-0.2, 0) is 9.59 Å². The van der Waals surface area contributed by atoms with Gasteiger partial charge in [0.15, 0.2) is 0 Å². The summed E-state index contributed by atoms with van der Waals surface area (Å²) in [6, 6.07) is 0. The van der Waals surface area contributed by atoms with Gasteiger partial charge in [-0.1, -0.05) is 57.8 Å². The second kappa shape index (κ2) is 11.5. The summed E-state index contributed by atoms with van der Waals surface area (Å²) in [5.74, 6) is 0.256. The third-order valence-electron chi connectivity index (χ3n) is 4.97. The molecule has 4 heteroatoms. The maximum atomic E-state index is 10.2. The SMILES string of the molecule is O=C(O)CCC1CCCC1.O=C(O)CCCC1CCCCC1. The molecule has 22 heavy (non-hydrogen) atoms. The normalized spacial score (nSPS) is 19.5. The first-order valence-electron chi connectivity index (χ1n) is 9.01. The third-order valence-corrected chi connectivity index (χ3v) is 4.97. The maximum Gasteiger partial charge on any atom is 0.303 e. The van der Waals surface area contributed by atoms with Crippen molar-refractivity contribution < 1.29 is 19.8 Å². The summed E-state index contributed by atoms with van der Waals surface area (Å²) in [4.78, 5) is 20.4. The lowest BCUT2D eigenvalue weighted by atomic mass is 9.86. The van der Waals surface area contributed by atoms with Crippen molar-refractivity contribution in [1.29, 1.82) is 0 Å². The molecule has 0 heterocycles. The molecule has 0 aromatic carbocycles. The molecule has 2 aliphatic carbocycles. The Labute approximate surface area is 134 Å². The summed E-state index contributed by atoms with van der Waals surface area (Å²) in [7, 11) is 0. The first-order chi connectivity index (χ1) is 10.6. The molecule has 0 aliphatic heterocycles. The van der Waals surface area contributed by atoms with E-state index in [1.807, 2.05) is 0 Å². The minimum atomic E-state index is -0.647. The molecule has 0 spiro atoms. The Morgan fingerprint density at radius 1 is 0.682 bits per heavy atom. The summed E-state index contributed by atoms with van der Waals surface area (Å²) < 4.78 is 0. The molecule has 2 N–H and O–H groups in total. The Kier molecular flexibility index (Phi) is 9.93. The van der Waals surface area contributed by atoms with Gasteiger partial charge in [-0.05, 0) is 31.1 Å². The number of rotatable bonds is 7. The minimum absolute atomic E-state index is 0.358. The molecule has 0 bridgehead atoms. The number of carboxylic acids is 2. The van der Waals surface area contributed by atoms with E-state index in [1.165, 1.54) is 57.8 Å². The Morgan fingerprint density at radius 3 is 1.64 bits per heavy atom. The standard InChI is InChI=1S/C10H18O2.C8H14O2/c11-10(12)8-4-7-9-5-2-1-3-6-9;9-8(10)6-5-7-3-1-2-4-7/h9H,1-8H2,(H,11,12);7H,1-6H2,(H,9,10). The molecule has 0 radical (unpaired) electrons. The number of carbonyl (C=O) groups is 2. The van der Waals surface area contributed by atoms with E-state index in [1.54, 1.807) is 0 Å². The Balaban J connectivity index is 0.000000224. The molecule has 128 valence electrons. The van der Waals surface area contributed by atoms with E-state index < -0.39 is 11.9 Å². The molecular formula is C18H32O4. The van der Waals surface area contributed by atoms with Crippen molar-refractivity contribution in [3.63, 3.8) is 0 Å². The second-order valence-electron chi connectivity index (χ2n) is 6.87. The summed E-state index contributed by atoms with van der Waals surface area (Å²) in [5.41, 5.74) is 0. The van der Waals surface area contributed by atoms with E-state index in [0.29, 0.717) is 12.8 Å². The van der Waals surface area contributed by atoms with Gasteiger partial charge in [-0.25, -0.2) is 0 Å². The lowest BCUT2D eigenvalue weighted by Gasteiger charge is -2.20. The number of hydrogen-bond donors (Lipinski definition) is 2. The van der Waals surface area contributed by atoms with Crippen molar-refractivity contribution in [3.8, 4) is 0 Å². The smallest absolute Gasteiger partial charge is 0.303 e. The molecular weight excluding hydrogens is 280 g/mol. The third kappa shape index (κ3) is 9.80. The number of aliphatic carboxylic acids is 2. The van der Waals surface area contributed by atoms with Crippen LogP contribution >= 0.6 is 0 Å². The van der Waals surface area contributed by atoms with Gasteiger partial charge in [0.2, 0.25) is 0 Å². The van der Waals surface area contributed by atoms with Crippen LogP contribution in [0.2, 0.25) is 0 Å². The lowest BCUT2D eigenvalue weighted by Crippen LogP contribution is -2.06. The van der Waals surface area contributed by atoms with Crippen LogP contribution in [0, 0.1) is 11.8 Å². The summed E-state index contributed by atoms with van der Waals surface area (Å²) in [6.45, 7) is 0. The van der Waals surface area contributed by atoms with Gasteiger partial charge in [0.1, 0.15) is 0 Å². The van der Waals surface area contributed by atoms with E-state index in [2.05, 4.69) is 0 Å². The van der Waals surface area contributed by atoms with Crippen molar-refractivity contribution >= 4 is 11.9 Å². The fourth-order valence-corrected chi connectivity index (χ4v) is 3.64. The van der Waals surface area contributed by atoms with Crippen LogP contribution in [0.15, 0.2) is 0 Å². The highest BCUT2D eigenvalue weighted by molar-refractivity contribution is 5.66. The summed E-state index contributed by atoms with van der Waals surface area (Å²) in [5, 5.41) is 16.8. The van der Waals surface area contributed by atoms with Crippen LogP contribution < -0.4 is 0 Å². The van der Waals surface area contributed by atoms with E-state index >= 15 is 0 Å². The van der Waals surface area contributed by atoms with Gasteiger partial charge in [-0.2, -0.15) is 0 Å². The molecule has 2 aliphatic rings. The van der Waals surface area contributed by atoms with E-state index in [-0.39, 0.29) is 0 Å². The first-order valence-corrected chi connectivity index (χ1v) is 9.01. The molecule has 2 rings (SSSR count). The van der Waals surface area contributed by atoms with Crippen molar-refractivity contribution in [2.75, 3.05) is 0 Å². The highest BCUT2D eigenvalue weighted by Gasteiger charge is 2.15. The zero-order valence-electron chi connectivity index (χ0n) is 13.8. The van der Waals surface area contributed by atoms with E-state index in [9.17, 15) is 9.59 Å². The Hall–Kier alpha value is -1.06. The molecule has 0 atom stereocenters. The zero-order valence-corrected chi connectivity index (χ0v) is 13.8. The number of carboxylic acid groups (broad SMARTS) is 2. The quantitative estimate of drug-likeness (QED) is 0.703. The van der Waals surface area contributed by atoms with Gasteiger partial charge in [-0.15, -0.1) is 0 Å². The summed E-state index contributed by atoms with van der Waals surface area (Å²) in [6.07, 6.45) is 15.5. The van der Waals surface area contributed by atoms with Crippen LogP contribution in [-0.4, -0.2) is 22.2 Å². The van der Waals surface area contributed by atoms with Crippen LogP contribution in [0.1, 0.15) is 89.9 Å². The van der Waals surface area contributed by atoms with Crippen molar-refractivity contribution in [1.82, 2.24) is 0 Å². The largest absolute Gasteiger partial charge is 0.481 e. The highest BCUT2D eigenvalue weighted by atomic mass is 16.4. The average Bonchev–Trinajstić information content (AvgIpc) is 3.00. The first kappa shape index (κ1) is 19.0.